The van der Waals surface area contributed by atoms with E-state index in [1.54, 1.807) is 0 Å². The first kappa shape index (κ1) is 26.8. The Balaban J connectivity index is 2.33. The van der Waals surface area contributed by atoms with Gasteiger partial charge in [-0.05, 0) is 87.1 Å². The SMILES string of the molecule is CNC(C)(C)CC(CC(C)C)N(C)c1nc(C)nc(N(C)C2CC(C)(C)NC(C)(C)C2)n1. The summed E-state index contributed by atoms with van der Waals surface area (Å²) in [6.45, 7) is 20.2. The van der Waals surface area contributed by atoms with E-state index in [9.17, 15) is 0 Å². The molecule has 32 heavy (non-hydrogen) atoms. The van der Waals surface area contributed by atoms with Crippen LogP contribution in [0.3, 0.4) is 0 Å². The molecular weight excluding hydrogens is 398 g/mol. The van der Waals surface area contributed by atoms with Crippen molar-refractivity contribution in [2.45, 2.75) is 117 Å². The van der Waals surface area contributed by atoms with Crippen molar-refractivity contribution < 1.29 is 0 Å². The summed E-state index contributed by atoms with van der Waals surface area (Å²) in [5, 5.41) is 7.23. The van der Waals surface area contributed by atoms with Gasteiger partial charge < -0.3 is 20.4 Å². The Morgan fingerprint density at radius 1 is 1.03 bits per heavy atom. The Labute approximate surface area is 197 Å². The lowest BCUT2D eigenvalue weighted by molar-refractivity contribution is 0.160. The van der Waals surface area contributed by atoms with Gasteiger partial charge in [0.1, 0.15) is 5.82 Å². The standard InChI is InChI=1S/C25H49N7/c1-17(2)13-19(14-23(4,5)26-10)31(11)21-27-18(3)28-22(29-21)32(12)20-15-24(6,7)30-25(8,9)16-20/h17,19-20,26,30H,13-16H2,1-12H3. The quantitative estimate of drug-likeness (QED) is 0.589. The zero-order chi connectivity index (χ0) is 24.5. The number of aromatic nitrogens is 3. The Kier molecular flexibility index (Phi) is 8.20. The fourth-order valence-corrected chi connectivity index (χ4v) is 5.25. The van der Waals surface area contributed by atoms with E-state index in [4.69, 9.17) is 15.0 Å². The summed E-state index contributed by atoms with van der Waals surface area (Å²) in [7, 11) is 6.30. The highest BCUT2D eigenvalue weighted by molar-refractivity contribution is 5.40. The first-order valence-electron chi connectivity index (χ1n) is 12.2. The van der Waals surface area contributed by atoms with Gasteiger partial charge in [-0.25, -0.2) is 0 Å². The molecule has 1 unspecified atom stereocenters. The topological polar surface area (TPSA) is 69.2 Å². The Morgan fingerprint density at radius 3 is 2.06 bits per heavy atom. The van der Waals surface area contributed by atoms with Crippen molar-refractivity contribution in [3.8, 4) is 0 Å². The molecule has 0 saturated carbocycles. The van der Waals surface area contributed by atoms with Crippen molar-refractivity contribution in [2.24, 2.45) is 5.92 Å². The van der Waals surface area contributed by atoms with E-state index in [-0.39, 0.29) is 16.6 Å². The summed E-state index contributed by atoms with van der Waals surface area (Å²) in [4.78, 5) is 19.0. The lowest BCUT2D eigenvalue weighted by atomic mass is 9.79. The van der Waals surface area contributed by atoms with Crippen LogP contribution in [0, 0.1) is 12.8 Å². The predicted molar refractivity (Wildman–Crippen MR) is 137 cm³/mol. The highest BCUT2D eigenvalue weighted by atomic mass is 15.3. The summed E-state index contributed by atoms with van der Waals surface area (Å²) in [6, 6.07) is 0.713. The normalized spacial score (nSPS) is 19.8. The van der Waals surface area contributed by atoms with E-state index in [1.165, 1.54) is 0 Å². The lowest BCUT2D eigenvalue weighted by Crippen LogP contribution is -2.62. The zero-order valence-corrected chi connectivity index (χ0v) is 22.8. The predicted octanol–water partition coefficient (Wildman–Crippen LogP) is 4.16. The maximum Gasteiger partial charge on any atom is 0.230 e. The van der Waals surface area contributed by atoms with Crippen LogP contribution in [0.4, 0.5) is 11.9 Å². The van der Waals surface area contributed by atoms with Gasteiger partial charge in [-0.15, -0.1) is 0 Å². The molecule has 1 saturated heterocycles. The number of nitrogens with zero attached hydrogens (tertiary/aromatic N) is 5. The third-order valence-corrected chi connectivity index (χ3v) is 6.78. The van der Waals surface area contributed by atoms with E-state index in [0.29, 0.717) is 18.0 Å². The van der Waals surface area contributed by atoms with Crippen molar-refractivity contribution in [3.05, 3.63) is 5.82 Å². The van der Waals surface area contributed by atoms with E-state index >= 15 is 0 Å². The molecule has 0 radical (unpaired) electrons. The Bertz CT molecular complexity index is 741. The summed E-state index contributed by atoms with van der Waals surface area (Å²) in [5.74, 6) is 2.91. The molecule has 1 aromatic heterocycles. The number of rotatable bonds is 9. The van der Waals surface area contributed by atoms with E-state index in [2.05, 4.69) is 89.9 Å². The van der Waals surface area contributed by atoms with E-state index in [0.717, 1.165) is 43.4 Å². The third-order valence-electron chi connectivity index (χ3n) is 6.78. The van der Waals surface area contributed by atoms with Crippen LogP contribution in [-0.2, 0) is 0 Å². The molecule has 1 fully saturated rings. The van der Waals surface area contributed by atoms with Crippen molar-refractivity contribution in [1.82, 2.24) is 25.6 Å². The maximum absolute atomic E-state index is 4.98. The first-order chi connectivity index (χ1) is 14.5. The van der Waals surface area contributed by atoms with Gasteiger partial charge in [0.15, 0.2) is 0 Å². The molecule has 1 aliphatic heterocycles. The molecule has 184 valence electrons. The van der Waals surface area contributed by atoms with Crippen LogP contribution in [0.2, 0.25) is 0 Å². The van der Waals surface area contributed by atoms with Gasteiger partial charge in [0.2, 0.25) is 11.9 Å². The van der Waals surface area contributed by atoms with Gasteiger partial charge in [-0.2, -0.15) is 15.0 Å². The smallest absolute Gasteiger partial charge is 0.230 e. The van der Waals surface area contributed by atoms with Gasteiger partial charge in [0, 0.05) is 42.8 Å². The van der Waals surface area contributed by atoms with Gasteiger partial charge in [0.25, 0.3) is 0 Å². The number of anilines is 2. The van der Waals surface area contributed by atoms with E-state index < -0.39 is 0 Å². The molecule has 1 aliphatic rings. The minimum absolute atomic E-state index is 0.0434. The molecule has 7 heteroatoms. The Hall–Kier alpha value is -1.47. The molecule has 0 aromatic carbocycles. The molecular formula is C25H49N7. The second-order valence-corrected chi connectivity index (χ2v) is 12.3. The average molecular weight is 448 g/mol. The van der Waals surface area contributed by atoms with Crippen LogP contribution in [-0.4, -0.2) is 64.8 Å². The molecule has 2 N–H and O–H groups in total. The molecule has 2 rings (SSSR count). The highest BCUT2D eigenvalue weighted by Gasteiger charge is 2.40. The fourth-order valence-electron chi connectivity index (χ4n) is 5.25. The second kappa shape index (κ2) is 9.80. The van der Waals surface area contributed by atoms with Crippen LogP contribution >= 0.6 is 0 Å². The molecule has 1 aromatic rings. The monoisotopic (exact) mass is 447 g/mol. The van der Waals surface area contributed by atoms with Crippen molar-refractivity contribution in [1.29, 1.82) is 0 Å². The van der Waals surface area contributed by atoms with Crippen LogP contribution in [0.5, 0.6) is 0 Å². The second-order valence-electron chi connectivity index (χ2n) is 12.3. The molecule has 0 aliphatic carbocycles. The van der Waals surface area contributed by atoms with Crippen LogP contribution < -0.4 is 20.4 Å². The van der Waals surface area contributed by atoms with Crippen LogP contribution in [0.25, 0.3) is 0 Å². The van der Waals surface area contributed by atoms with Gasteiger partial charge in [-0.1, -0.05) is 13.8 Å². The third kappa shape index (κ3) is 7.27. The van der Waals surface area contributed by atoms with Crippen LogP contribution in [0.1, 0.15) is 86.9 Å². The van der Waals surface area contributed by atoms with E-state index in [1.807, 2.05) is 14.0 Å². The fraction of sp³-hybridized carbons (Fsp3) is 0.880. The number of aryl methyl sites for hydroxylation is 1. The largest absolute Gasteiger partial charge is 0.341 e. The molecule has 0 amide bonds. The minimum Gasteiger partial charge on any atom is -0.341 e. The van der Waals surface area contributed by atoms with Crippen molar-refractivity contribution >= 4 is 11.9 Å². The van der Waals surface area contributed by atoms with Crippen molar-refractivity contribution in [2.75, 3.05) is 30.9 Å². The maximum atomic E-state index is 4.98. The number of hydrogen-bond acceptors (Lipinski definition) is 7. The summed E-state index contributed by atoms with van der Waals surface area (Å²) in [5.41, 5.74) is 0.189. The molecule has 1 atom stereocenters. The molecule has 0 spiro atoms. The summed E-state index contributed by atoms with van der Waals surface area (Å²) >= 11 is 0. The number of nitrogens with one attached hydrogen (secondary N) is 2. The highest BCUT2D eigenvalue weighted by Crippen LogP contribution is 2.33. The van der Waals surface area contributed by atoms with Gasteiger partial charge >= 0.3 is 0 Å². The van der Waals surface area contributed by atoms with Gasteiger partial charge in [0.05, 0.1) is 0 Å². The number of piperidine rings is 1. The average Bonchev–Trinajstić information content (AvgIpc) is 2.62. The zero-order valence-electron chi connectivity index (χ0n) is 22.8. The molecule has 2 heterocycles. The first-order valence-corrected chi connectivity index (χ1v) is 12.2. The lowest BCUT2D eigenvalue weighted by Gasteiger charge is -2.49. The Morgan fingerprint density at radius 2 is 1.56 bits per heavy atom. The molecule has 0 bridgehead atoms. The number of hydrogen-bond donors (Lipinski definition) is 2. The summed E-state index contributed by atoms with van der Waals surface area (Å²) in [6.07, 6.45) is 4.21. The minimum atomic E-state index is 0.0434. The van der Waals surface area contributed by atoms with Gasteiger partial charge in [-0.3, -0.25) is 0 Å². The molecule has 7 nitrogen and oxygen atoms in total. The van der Waals surface area contributed by atoms with Crippen molar-refractivity contribution in [3.63, 3.8) is 0 Å². The van der Waals surface area contributed by atoms with Crippen LogP contribution in [0.15, 0.2) is 0 Å². The summed E-state index contributed by atoms with van der Waals surface area (Å²) < 4.78 is 0.